The fourth-order valence-electron chi connectivity index (χ4n) is 2.38. The van der Waals surface area contributed by atoms with E-state index in [1.165, 1.54) is 0 Å². The maximum atomic E-state index is 12.7. The molecular weight excluding hydrogens is 284 g/mol. The third-order valence-electron chi connectivity index (χ3n) is 3.37. The summed E-state index contributed by atoms with van der Waals surface area (Å²) >= 11 is 3.19. The second-order valence-corrected chi connectivity index (χ2v) is 6.62. The zero-order valence-electron chi connectivity index (χ0n) is 10.5. The van der Waals surface area contributed by atoms with E-state index in [1.807, 2.05) is 47.8 Å². The summed E-state index contributed by atoms with van der Waals surface area (Å²) in [4.78, 5) is 13.5. The third-order valence-corrected chi connectivity index (χ3v) is 5.45. The molecule has 0 bridgehead atoms. The van der Waals surface area contributed by atoms with E-state index in [-0.39, 0.29) is 5.78 Å². The molecule has 3 heteroatoms. The molecule has 0 N–H and O–H groups in total. The molecule has 20 heavy (non-hydrogen) atoms. The first-order valence-corrected chi connectivity index (χ1v) is 8.02. The predicted octanol–water partition coefficient (Wildman–Crippen LogP) is 5.35. The molecular formula is C17H10OS2. The number of ketones is 1. The summed E-state index contributed by atoms with van der Waals surface area (Å²) in [6.45, 7) is 0. The lowest BCUT2D eigenvalue weighted by Gasteiger charge is -1.95. The van der Waals surface area contributed by atoms with Gasteiger partial charge in [0.15, 0.2) is 0 Å². The van der Waals surface area contributed by atoms with Gasteiger partial charge in [-0.25, -0.2) is 0 Å². The van der Waals surface area contributed by atoms with Crippen molar-refractivity contribution >= 4 is 48.6 Å². The number of hydrogen-bond acceptors (Lipinski definition) is 3. The van der Waals surface area contributed by atoms with Crippen LogP contribution in [-0.2, 0) is 0 Å². The number of fused-ring (bicyclic) bond motifs is 2. The van der Waals surface area contributed by atoms with Crippen LogP contribution in [0.4, 0.5) is 0 Å². The van der Waals surface area contributed by atoms with E-state index in [9.17, 15) is 4.79 Å². The number of carbonyl (C=O) groups is 1. The molecule has 0 spiro atoms. The van der Waals surface area contributed by atoms with E-state index in [4.69, 9.17) is 0 Å². The smallest absolute Gasteiger partial charge is 0.204 e. The Morgan fingerprint density at radius 3 is 2.50 bits per heavy atom. The molecule has 0 amide bonds. The molecule has 1 nitrogen and oxygen atoms in total. The van der Waals surface area contributed by atoms with Gasteiger partial charge in [0, 0.05) is 25.7 Å². The van der Waals surface area contributed by atoms with Gasteiger partial charge < -0.3 is 0 Å². The van der Waals surface area contributed by atoms with Gasteiger partial charge in [0.2, 0.25) is 5.78 Å². The molecule has 4 aromatic rings. The molecule has 4 rings (SSSR count). The van der Waals surface area contributed by atoms with Gasteiger partial charge in [0.05, 0.1) is 4.88 Å². The fraction of sp³-hybridized carbons (Fsp3) is 0. The second-order valence-electron chi connectivity index (χ2n) is 4.62. The second kappa shape index (κ2) is 4.54. The van der Waals surface area contributed by atoms with Crippen molar-refractivity contribution in [3.8, 4) is 0 Å². The quantitative estimate of drug-likeness (QED) is 0.456. The Morgan fingerprint density at radius 2 is 1.65 bits per heavy atom. The molecule has 0 saturated heterocycles. The molecule has 96 valence electrons. The summed E-state index contributed by atoms with van der Waals surface area (Å²) in [7, 11) is 0. The van der Waals surface area contributed by atoms with Crippen molar-refractivity contribution < 1.29 is 4.79 Å². The Hall–Kier alpha value is -1.97. The lowest BCUT2D eigenvalue weighted by molar-refractivity contribution is 0.104. The molecule has 0 unspecified atom stereocenters. The predicted molar refractivity (Wildman–Crippen MR) is 87.1 cm³/mol. The van der Waals surface area contributed by atoms with Crippen LogP contribution < -0.4 is 0 Å². The first kappa shape index (κ1) is 11.8. The van der Waals surface area contributed by atoms with Crippen molar-refractivity contribution in [1.82, 2.24) is 0 Å². The SMILES string of the molecule is O=C(c1cc2ccccc2s1)c1csc2ccccc12. The molecule has 0 aliphatic rings. The molecule has 0 aliphatic heterocycles. The Morgan fingerprint density at radius 1 is 0.900 bits per heavy atom. The number of carbonyl (C=O) groups excluding carboxylic acids is 1. The van der Waals surface area contributed by atoms with Gasteiger partial charge in [0.1, 0.15) is 0 Å². The molecule has 2 aromatic heterocycles. The maximum Gasteiger partial charge on any atom is 0.204 e. The van der Waals surface area contributed by atoms with Crippen LogP contribution in [0.25, 0.3) is 20.2 Å². The maximum absolute atomic E-state index is 12.7. The highest BCUT2D eigenvalue weighted by atomic mass is 32.1. The molecule has 0 radical (unpaired) electrons. The molecule has 0 saturated carbocycles. The zero-order valence-corrected chi connectivity index (χ0v) is 12.1. The van der Waals surface area contributed by atoms with E-state index >= 15 is 0 Å². The summed E-state index contributed by atoms with van der Waals surface area (Å²) in [5.74, 6) is 0.128. The average molecular weight is 294 g/mol. The summed E-state index contributed by atoms with van der Waals surface area (Å²) in [5.41, 5.74) is 0.817. The van der Waals surface area contributed by atoms with Gasteiger partial charge in [-0.3, -0.25) is 4.79 Å². The van der Waals surface area contributed by atoms with E-state index in [2.05, 4.69) is 12.1 Å². The van der Waals surface area contributed by atoms with Crippen LogP contribution in [0.2, 0.25) is 0 Å². The summed E-state index contributed by atoms with van der Waals surface area (Å²) in [6, 6.07) is 18.2. The van der Waals surface area contributed by atoms with Crippen molar-refractivity contribution in [3.63, 3.8) is 0 Å². The van der Waals surface area contributed by atoms with Crippen LogP contribution in [-0.4, -0.2) is 5.78 Å². The first-order chi connectivity index (χ1) is 9.83. The number of thiophene rings is 2. The van der Waals surface area contributed by atoms with Gasteiger partial charge in [0.25, 0.3) is 0 Å². The van der Waals surface area contributed by atoms with Gasteiger partial charge >= 0.3 is 0 Å². The van der Waals surface area contributed by atoms with Crippen LogP contribution in [0.5, 0.6) is 0 Å². The fourth-order valence-corrected chi connectivity index (χ4v) is 4.34. The number of benzene rings is 2. The van der Waals surface area contributed by atoms with Crippen LogP contribution >= 0.6 is 22.7 Å². The normalized spacial score (nSPS) is 11.2. The van der Waals surface area contributed by atoms with E-state index < -0.39 is 0 Å². The third kappa shape index (κ3) is 1.79. The van der Waals surface area contributed by atoms with Crippen molar-refractivity contribution in [1.29, 1.82) is 0 Å². The van der Waals surface area contributed by atoms with Gasteiger partial charge in [-0.1, -0.05) is 36.4 Å². The van der Waals surface area contributed by atoms with Crippen molar-refractivity contribution in [3.05, 3.63) is 70.4 Å². The van der Waals surface area contributed by atoms with Gasteiger partial charge in [-0.05, 0) is 23.6 Å². The van der Waals surface area contributed by atoms with Crippen LogP contribution in [0, 0.1) is 0 Å². The molecule has 0 aliphatic carbocycles. The average Bonchev–Trinajstić information content (AvgIpc) is 3.10. The van der Waals surface area contributed by atoms with Crippen LogP contribution in [0.15, 0.2) is 60.0 Å². The molecule has 0 fully saturated rings. The number of rotatable bonds is 2. The summed E-state index contributed by atoms with van der Waals surface area (Å²) in [6.07, 6.45) is 0. The van der Waals surface area contributed by atoms with Crippen LogP contribution in [0.1, 0.15) is 15.2 Å². The Balaban J connectivity index is 1.87. The standard InChI is InChI=1S/C17H10OS2/c18-17(13-10-19-15-8-4-2-6-12(13)15)16-9-11-5-1-3-7-14(11)20-16/h1-10H. The summed E-state index contributed by atoms with van der Waals surface area (Å²) in [5, 5.41) is 4.16. The molecule has 0 atom stereocenters. The van der Waals surface area contributed by atoms with E-state index in [1.54, 1.807) is 22.7 Å². The Labute approximate surface area is 124 Å². The van der Waals surface area contributed by atoms with E-state index in [0.29, 0.717) is 0 Å². The monoisotopic (exact) mass is 294 g/mol. The van der Waals surface area contributed by atoms with Crippen molar-refractivity contribution in [2.75, 3.05) is 0 Å². The first-order valence-electron chi connectivity index (χ1n) is 6.32. The highest BCUT2D eigenvalue weighted by Crippen LogP contribution is 2.31. The van der Waals surface area contributed by atoms with Crippen molar-refractivity contribution in [2.24, 2.45) is 0 Å². The lowest BCUT2D eigenvalue weighted by atomic mass is 10.1. The van der Waals surface area contributed by atoms with E-state index in [0.717, 1.165) is 30.6 Å². The number of hydrogen-bond donors (Lipinski definition) is 0. The zero-order chi connectivity index (χ0) is 13.5. The molecule has 2 heterocycles. The lowest BCUT2D eigenvalue weighted by Crippen LogP contribution is -1.96. The van der Waals surface area contributed by atoms with Gasteiger partial charge in [-0.2, -0.15) is 0 Å². The largest absolute Gasteiger partial charge is 0.288 e. The minimum absolute atomic E-state index is 0.128. The Kier molecular flexibility index (Phi) is 2.69. The van der Waals surface area contributed by atoms with Gasteiger partial charge in [-0.15, -0.1) is 22.7 Å². The highest BCUT2D eigenvalue weighted by molar-refractivity contribution is 7.21. The molecule has 2 aromatic carbocycles. The summed E-state index contributed by atoms with van der Waals surface area (Å²) < 4.78 is 2.33. The van der Waals surface area contributed by atoms with Crippen molar-refractivity contribution in [2.45, 2.75) is 0 Å². The minimum atomic E-state index is 0.128. The minimum Gasteiger partial charge on any atom is -0.288 e. The highest BCUT2D eigenvalue weighted by Gasteiger charge is 2.16. The topological polar surface area (TPSA) is 17.1 Å². The van der Waals surface area contributed by atoms with Crippen LogP contribution in [0.3, 0.4) is 0 Å². The Bertz CT molecular complexity index is 897.